The largest absolute Gasteiger partial charge is 0.496 e. The van der Waals surface area contributed by atoms with E-state index in [-0.39, 0.29) is 6.42 Å². The van der Waals surface area contributed by atoms with E-state index in [1.807, 2.05) is 19.1 Å². The standard InChI is InChI=1S/C12H16O4/c1-3-16-10-6-4-9(5-7-12(13)14)11(8-10)15-2/h4,6,8H,3,5,7H2,1-2H3,(H,13,14). The molecule has 16 heavy (non-hydrogen) atoms. The van der Waals surface area contributed by atoms with Gasteiger partial charge in [-0.25, -0.2) is 0 Å². The number of hydrogen-bond acceptors (Lipinski definition) is 3. The van der Waals surface area contributed by atoms with Crippen LogP contribution in [0.2, 0.25) is 0 Å². The number of carboxylic acids is 1. The first kappa shape index (κ1) is 12.4. The van der Waals surface area contributed by atoms with Gasteiger partial charge in [0, 0.05) is 12.5 Å². The van der Waals surface area contributed by atoms with Crippen LogP contribution in [-0.4, -0.2) is 24.8 Å². The Balaban J connectivity index is 2.80. The zero-order chi connectivity index (χ0) is 12.0. The summed E-state index contributed by atoms with van der Waals surface area (Å²) < 4.78 is 10.5. The van der Waals surface area contributed by atoms with Gasteiger partial charge in [0.1, 0.15) is 11.5 Å². The van der Waals surface area contributed by atoms with Crippen LogP contribution in [0.1, 0.15) is 18.9 Å². The average Bonchev–Trinajstić information content (AvgIpc) is 2.27. The third-order valence-corrected chi connectivity index (χ3v) is 2.18. The van der Waals surface area contributed by atoms with Crippen LogP contribution in [0.25, 0.3) is 0 Å². The molecule has 0 aromatic heterocycles. The number of carboxylic acid groups (broad SMARTS) is 1. The number of methoxy groups -OCH3 is 1. The highest BCUT2D eigenvalue weighted by Crippen LogP contribution is 2.25. The second-order valence-corrected chi connectivity index (χ2v) is 3.30. The first-order valence-electron chi connectivity index (χ1n) is 5.19. The molecule has 0 amide bonds. The Morgan fingerprint density at radius 1 is 1.44 bits per heavy atom. The van der Waals surface area contributed by atoms with Crippen molar-refractivity contribution < 1.29 is 19.4 Å². The number of aliphatic carboxylic acids is 1. The van der Waals surface area contributed by atoms with Gasteiger partial charge < -0.3 is 14.6 Å². The number of carbonyl (C=O) groups is 1. The highest BCUT2D eigenvalue weighted by Gasteiger charge is 2.07. The average molecular weight is 224 g/mol. The molecule has 0 unspecified atom stereocenters. The van der Waals surface area contributed by atoms with Crippen molar-refractivity contribution in [1.29, 1.82) is 0 Å². The maximum atomic E-state index is 10.5. The Bertz CT molecular complexity index is 360. The van der Waals surface area contributed by atoms with Crippen LogP contribution in [-0.2, 0) is 11.2 Å². The molecule has 0 spiro atoms. The van der Waals surface area contributed by atoms with E-state index >= 15 is 0 Å². The van der Waals surface area contributed by atoms with Crippen molar-refractivity contribution in [2.24, 2.45) is 0 Å². The van der Waals surface area contributed by atoms with Gasteiger partial charge in [-0.1, -0.05) is 6.07 Å². The highest BCUT2D eigenvalue weighted by molar-refractivity contribution is 5.67. The number of hydrogen-bond donors (Lipinski definition) is 1. The number of ether oxygens (including phenoxy) is 2. The lowest BCUT2D eigenvalue weighted by Gasteiger charge is -2.10. The fraction of sp³-hybridized carbons (Fsp3) is 0.417. The van der Waals surface area contributed by atoms with Gasteiger partial charge in [0.15, 0.2) is 0 Å². The first-order chi connectivity index (χ1) is 7.67. The zero-order valence-corrected chi connectivity index (χ0v) is 9.53. The minimum absolute atomic E-state index is 0.102. The summed E-state index contributed by atoms with van der Waals surface area (Å²) in [5.41, 5.74) is 0.883. The fourth-order valence-electron chi connectivity index (χ4n) is 1.43. The molecule has 0 atom stereocenters. The van der Waals surface area contributed by atoms with E-state index in [1.165, 1.54) is 0 Å². The summed E-state index contributed by atoms with van der Waals surface area (Å²) in [6.07, 6.45) is 0.565. The Labute approximate surface area is 94.8 Å². The summed E-state index contributed by atoms with van der Waals surface area (Å²) in [5.74, 6) is 0.599. The summed E-state index contributed by atoms with van der Waals surface area (Å²) in [5, 5.41) is 8.61. The van der Waals surface area contributed by atoms with Crippen LogP contribution < -0.4 is 9.47 Å². The molecule has 0 radical (unpaired) electrons. The minimum Gasteiger partial charge on any atom is -0.496 e. The molecule has 0 aliphatic heterocycles. The topological polar surface area (TPSA) is 55.8 Å². The Hall–Kier alpha value is -1.71. The third-order valence-electron chi connectivity index (χ3n) is 2.18. The first-order valence-corrected chi connectivity index (χ1v) is 5.19. The molecule has 4 heteroatoms. The quantitative estimate of drug-likeness (QED) is 0.804. The van der Waals surface area contributed by atoms with Crippen molar-refractivity contribution in [2.75, 3.05) is 13.7 Å². The van der Waals surface area contributed by atoms with Crippen LogP contribution in [0.3, 0.4) is 0 Å². The lowest BCUT2D eigenvalue weighted by molar-refractivity contribution is -0.136. The second-order valence-electron chi connectivity index (χ2n) is 3.30. The summed E-state index contributed by atoms with van der Waals surface area (Å²) >= 11 is 0. The van der Waals surface area contributed by atoms with Crippen LogP contribution >= 0.6 is 0 Å². The maximum Gasteiger partial charge on any atom is 0.303 e. The predicted octanol–water partition coefficient (Wildman–Crippen LogP) is 2.11. The van der Waals surface area contributed by atoms with Crippen LogP contribution in [0, 0.1) is 0 Å². The van der Waals surface area contributed by atoms with E-state index in [0.29, 0.717) is 18.8 Å². The van der Waals surface area contributed by atoms with Crippen molar-refractivity contribution in [3.05, 3.63) is 23.8 Å². The van der Waals surface area contributed by atoms with E-state index in [0.717, 1.165) is 11.3 Å². The normalized spacial score (nSPS) is 9.88. The molecule has 1 aromatic carbocycles. The van der Waals surface area contributed by atoms with Gasteiger partial charge in [0.25, 0.3) is 0 Å². The monoisotopic (exact) mass is 224 g/mol. The molecule has 1 rings (SSSR count). The van der Waals surface area contributed by atoms with Gasteiger partial charge in [-0.3, -0.25) is 4.79 Å². The van der Waals surface area contributed by atoms with Gasteiger partial charge in [-0.05, 0) is 25.0 Å². The molecule has 0 saturated carbocycles. The van der Waals surface area contributed by atoms with E-state index in [4.69, 9.17) is 14.6 Å². The molecule has 1 N–H and O–H groups in total. The predicted molar refractivity (Wildman–Crippen MR) is 60.1 cm³/mol. The molecular weight excluding hydrogens is 208 g/mol. The molecule has 0 saturated heterocycles. The molecule has 0 aliphatic carbocycles. The van der Waals surface area contributed by atoms with Crippen LogP contribution in [0.15, 0.2) is 18.2 Å². The van der Waals surface area contributed by atoms with Gasteiger partial charge in [-0.15, -0.1) is 0 Å². The number of rotatable bonds is 6. The summed E-state index contributed by atoms with van der Waals surface area (Å²) in [7, 11) is 1.56. The van der Waals surface area contributed by atoms with Crippen LogP contribution in [0.4, 0.5) is 0 Å². The summed E-state index contributed by atoms with van der Waals surface area (Å²) in [4.78, 5) is 10.5. The van der Waals surface area contributed by atoms with E-state index in [9.17, 15) is 4.79 Å². The van der Waals surface area contributed by atoms with E-state index < -0.39 is 5.97 Å². The van der Waals surface area contributed by atoms with Gasteiger partial charge >= 0.3 is 5.97 Å². The Kier molecular flexibility index (Phi) is 4.64. The van der Waals surface area contributed by atoms with Gasteiger partial charge in [0.2, 0.25) is 0 Å². The van der Waals surface area contributed by atoms with Crippen molar-refractivity contribution in [3.8, 4) is 11.5 Å². The third kappa shape index (κ3) is 3.46. The highest BCUT2D eigenvalue weighted by atomic mass is 16.5. The summed E-state index contributed by atoms with van der Waals surface area (Å²) in [6.45, 7) is 2.50. The smallest absolute Gasteiger partial charge is 0.303 e. The fourth-order valence-corrected chi connectivity index (χ4v) is 1.43. The Morgan fingerprint density at radius 3 is 2.75 bits per heavy atom. The number of benzene rings is 1. The SMILES string of the molecule is CCOc1ccc(CCC(=O)O)c(OC)c1. The Morgan fingerprint density at radius 2 is 2.19 bits per heavy atom. The minimum atomic E-state index is -0.809. The molecule has 88 valence electrons. The maximum absolute atomic E-state index is 10.5. The van der Waals surface area contributed by atoms with E-state index in [2.05, 4.69) is 0 Å². The van der Waals surface area contributed by atoms with Crippen molar-refractivity contribution in [2.45, 2.75) is 19.8 Å². The van der Waals surface area contributed by atoms with E-state index in [1.54, 1.807) is 13.2 Å². The summed E-state index contributed by atoms with van der Waals surface area (Å²) in [6, 6.07) is 5.44. The van der Waals surface area contributed by atoms with Gasteiger partial charge in [-0.2, -0.15) is 0 Å². The molecule has 4 nitrogen and oxygen atoms in total. The molecule has 0 fully saturated rings. The lowest BCUT2D eigenvalue weighted by Crippen LogP contribution is -2.00. The zero-order valence-electron chi connectivity index (χ0n) is 9.53. The molecule has 0 bridgehead atoms. The van der Waals surface area contributed by atoms with Crippen molar-refractivity contribution in [3.63, 3.8) is 0 Å². The van der Waals surface area contributed by atoms with Crippen molar-refractivity contribution in [1.82, 2.24) is 0 Å². The number of aryl methyl sites for hydroxylation is 1. The van der Waals surface area contributed by atoms with Crippen molar-refractivity contribution >= 4 is 5.97 Å². The van der Waals surface area contributed by atoms with Crippen LogP contribution in [0.5, 0.6) is 11.5 Å². The lowest BCUT2D eigenvalue weighted by atomic mass is 10.1. The molecule has 0 aliphatic rings. The molecular formula is C12H16O4. The van der Waals surface area contributed by atoms with Gasteiger partial charge in [0.05, 0.1) is 13.7 Å². The molecule has 0 heterocycles. The second kappa shape index (κ2) is 6.00. The molecule has 1 aromatic rings.